The number of amides is 1. The minimum Gasteiger partial charge on any atom is -0.452 e. The summed E-state index contributed by atoms with van der Waals surface area (Å²) in [5.74, 6) is -1.11. The molecule has 0 saturated carbocycles. The van der Waals surface area contributed by atoms with Crippen LogP contribution in [0, 0.1) is 17.6 Å². The lowest BCUT2D eigenvalue weighted by atomic mass is 10.2. The maximum atomic E-state index is 12.1. The van der Waals surface area contributed by atoms with Gasteiger partial charge in [0.1, 0.15) is 5.40 Å². The van der Waals surface area contributed by atoms with Crippen molar-refractivity contribution in [3.8, 4) is 5.40 Å². The quantitative estimate of drug-likeness (QED) is 0.424. The van der Waals surface area contributed by atoms with E-state index in [-0.39, 0.29) is 10.6 Å². The number of ether oxygens (including phenoxy) is 1. The number of nitriles is 1. The van der Waals surface area contributed by atoms with Crippen LogP contribution in [0.5, 0.6) is 0 Å². The van der Waals surface area contributed by atoms with E-state index in [1.54, 1.807) is 36.4 Å². The second-order valence-corrected chi connectivity index (χ2v) is 7.29. The number of carbonyl (C=O) groups is 2. The highest BCUT2D eigenvalue weighted by Crippen LogP contribution is 2.24. The summed E-state index contributed by atoms with van der Waals surface area (Å²) in [6.07, 6.45) is 1.88. The Balaban J connectivity index is 1.97. The molecule has 0 unspecified atom stereocenters. The zero-order chi connectivity index (χ0) is 19.1. The van der Waals surface area contributed by atoms with Crippen molar-refractivity contribution in [2.75, 3.05) is 18.2 Å². The molecule has 0 spiro atoms. The Morgan fingerprint density at radius 2 is 1.96 bits per heavy atom. The number of nitrogens with one attached hydrogen (secondary N) is 1. The van der Waals surface area contributed by atoms with E-state index in [2.05, 4.69) is 5.32 Å². The van der Waals surface area contributed by atoms with Crippen molar-refractivity contribution in [2.45, 2.75) is 16.7 Å². The summed E-state index contributed by atoms with van der Waals surface area (Å²) in [6.45, 7) is 1.39. The van der Waals surface area contributed by atoms with E-state index in [9.17, 15) is 9.59 Å². The van der Waals surface area contributed by atoms with E-state index in [0.29, 0.717) is 5.69 Å². The number of thioether (sulfide) groups is 2. The lowest BCUT2D eigenvalue weighted by Crippen LogP contribution is -2.21. The van der Waals surface area contributed by atoms with E-state index in [4.69, 9.17) is 21.6 Å². The average molecular weight is 407 g/mol. The summed E-state index contributed by atoms with van der Waals surface area (Å²) in [7, 11) is 0. The molecule has 2 aromatic carbocycles. The fourth-order valence-electron chi connectivity index (χ4n) is 2.08. The van der Waals surface area contributed by atoms with Gasteiger partial charge < -0.3 is 10.1 Å². The van der Waals surface area contributed by atoms with Crippen molar-refractivity contribution >= 4 is 52.7 Å². The molecule has 2 rings (SSSR count). The molecule has 1 N–H and O–H groups in total. The normalized spacial score (nSPS) is 10.1. The summed E-state index contributed by atoms with van der Waals surface area (Å²) < 4.78 is 5.05. The first kappa shape index (κ1) is 20.2. The molecule has 0 heterocycles. The SMILES string of the molecule is CSc1ccc(Cl)c(C(=O)OCC(=O)Nc2ccc(SC#N)cc2C)c1. The molecule has 0 aliphatic rings. The third-order valence-corrected chi connectivity index (χ3v) is 5.00. The fraction of sp³-hybridized carbons (Fsp3) is 0.167. The summed E-state index contributed by atoms with van der Waals surface area (Å²) in [5.41, 5.74) is 1.62. The highest BCUT2D eigenvalue weighted by molar-refractivity contribution is 8.03. The summed E-state index contributed by atoms with van der Waals surface area (Å²) in [6, 6.07) is 10.3. The van der Waals surface area contributed by atoms with Gasteiger partial charge in [0.25, 0.3) is 5.91 Å². The first-order valence-electron chi connectivity index (χ1n) is 7.41. The Hall–Kier alpha value is -2.14. The number of esters is 1. The summed E-state index contributed by atoms with van der Waals surface area (Å²) in [4.78, 5) is 25.8. The Kier molecular flexibility index (Phi) is 7.39. The van der Waals surface area contributed by atoms with Gasteiger partial charge in [-0.15, -0.1) is 11.8 Å². The fourth-order valence-corrected chi connectivity index (χ4v) is 3.19. The first-order chi connectivity index (χ1) is 12.4. The van der Waals surface area contributed by atoms with Gasteiger partial charge in [0.2, 0.25) is 0 Å². The average Bonchev–Trinajstić information content (AvgIpc) is 2.62. The van der Waals surface area contributed by atoms with Crippen LogP contribution < -0.4 is 5.32 Å². The molecule has 26 heavy (non-hydrogen) atoms. The molecular weight excluding hydrogens is 392 g/mol. The van der Waals surface area contributed by atoms with Gasteiger partial charge in [0.05, 0.1) is 10.6 Å². The molecule has 0 aromatic heterocycles. The zero-order valence-electron chi connectivity index (χ0n) is 14.0. The highest BCUT2D eigenvalue weighted by atomic mass is 35.5. The van der Waals surface area contributed by atoms with Gasteiger partial charge in [-0.25, -0.2) is 4.79 Å². The molecule has 0 aliphatic heterocycles. The molecule has 0 fully saturated rings. The number of hydrogen-bond donors (Lipinski definition) is 1. The van der Waals surface area contributed by atoms with Crippen molar-refractivity contribution in [2.24, 2.45) is 0 Å². The van der Waals surface area contributed by atoms with E-state index in [1.807, 2.05) is 18.6 Å². The van der Waals surface area contributed by atoms with Crippen molar-refractivity contribution < 1.29 is 14.3 Å². The molecule has 134 valence electrons. The smallest absolute Gasteiger partial charge is 0.340 e. The van der Waals surface area contributed by atoms with Gasteiger partial charge in [-0.05, 0) is 66.9 Å². The largest absolute Gasteiger partial charge is 0.452 e. The van der Waals surface area contributed by atoms with Gasteiger partial charge >= 0.3 is 5.97 Å². The summed E-state index contributed by atoms with van der Waals surface area (Å²) >= 11 is 8.54. The first-order valence-corrected chi connectivity index (χ1v) is 9.83. The van der Waals surface area contributed by atoms with Gasteiger partial charge in [-0.3, -0.25) is 4.79 Å². The molecule has 2 aromatic rings. The number of aryl methyl sites for hydroxylation is 1. The molecule has 0 atom stereocenters. The lowest BCUT2D eigenvalue weighted by Gasteiger charge is -2.10. The third-order valence-electron chi connectivity index (χ3n) is 3.36. The molecular formula is C18H15ClN2O3S2. The van der Waals surface area contributed by atoms with Gasteiger partial charge in [-0.1, -0.05) is 11.6 Å². The Labute approximate surface area is 165 Å². The number of benzene rings is 2. The second-order valence-electron chi connectivity index (χ2n) is 5.14. The Morgan fingerprint density at radius 3 is 2.62 bits per heavy atom. The topological polar surface area (TPSA) is 79.2 Å². The minimum atomic E-state index is -0.654. The van der Waals surface area contributed by atoms with Crippen LogP contribution >= 0.6 is 35.1 Å². The predicted octanol–water partition coefficient (Wildman–Crippen LogP) is 4.74. The van der Waals surface area contributed by atoms with E-state index >= 15 is 0 Å². The number of thiocyanates is 1. The van der Waals surface area contributed by atoms with Gasteiger partial charge in [0, 0.05) is 15.5 Å². The Morgan fingerprint density at radius 1 is 1.23 bits per heavy atom. The maximum absolute atomic E-state index is 12.1. The second kappa shape index (κ2) is 9.53. The number of nitrogens with zero attached hydrogens (tertiary/aromatic N) is 1. The van der Waals surface area contributed by atoms with Crippen molar-refractivity contribution in [1.29, 1.82) is 5.26 Å². The van der Waals surface area contributed by atoms with Crippen LogP contribution in [0.15, 0.2) is 46.2 Å². The van der Waals surface area contributed by atoms with Gasteiger partial charge in [-0.2, -0.15) is 5.26 Å². The minimum absolute atomic E-state index is 0.223. The predicted molar refractivity (Wildman–Crippen MR) is 105 cm³/mol. The standard InChI is InChI=1S/C18H15ClN2O3S2/c1-11-7-13(26-10-20)4-6-16(11)21-17(22)9-24-18(23)14-8-12(25-2)3-5-15(14)19/h3-8H,9H2,1-2H3,(H,21,22). The van der Waals surface area contributed by atoms with Crippen LogP contribution in [0.1, 0.15) is 15.9 Å². The number of carbonyl (C=O) groups excluding carboxylic acids is 2. The lowest BCUT2D eigenvalue weighted by molar-refractivity contribution is -0.119. The molecule has 0 radical (unpaired) electrons. The third kappa shape index (κ3) is 5.43. The molecule has 0 aliphatic carbocycles. The molecule has 1 amide bonds. The number of anilines is 1. The maximum Gasteiger partial charge on any atom is 0.340 e. The van der Waals surface area contributed by atoms with Crippen molar-refractivity contribution in [3.63, 3.8) is 0 Å². The van der Waals surface area contributed by atoms with Crippen LogP contribution in [-0.2, 0) is 9.53 Å². The number of rotatable bonds is 6. The Bertz CT molecular complexity index is 881. The van der Waals surface area contributed by atoms with Gasteiger partial charge in [0.15, 0.2) is 6.61 Å². The highest BCUT2D eigenvalue weighted by Gasteiger charge is 2.15. The zero-order valence-corrected chi connectivity index (χ0v) is 16.4. The van der Waals surface area contributed by atoms with Crippen LogP contribution in [-0.4, -0.2) is 24.7 Å². The van der Waals surface area contributed by atoms with Crippen LogP contribution in [0.3, 0.4) is 0 Å². The van der Waals surface area contributed by atoms with Crippen LogP contribution in [0.2, 0.25) is 5.02 Å². The molecule has 8 heteroatoms. The number of hydrogen-bond acceptors (Lipinski definition) is 6. The molecule has 0 bridgehead atoms. The van der Waals surface area contributed by atoms with Crippen LogP contribution in [0.25, 0.3) is 0 Å². The molecule has 0 saturated heterocycles. The van der Waals surface area contributed by atoms with Crippen LogP contribution in [0.4, 0.5) is 5.69 Å². The van der Waals surface area contributed by atoms with E-state index in [0.717, 1.165) is 27.1 Å². The van der Waals surface area contributed by atoms with E-state index in [1.165, 1.54) is 11.8 Å². The van der Waals surface area contributed by atoms with Crippen molar-refractivity contribution in [3.05, 3.63) is 52.5 Å². The molecule has 5 nitrogen and oxygen atoms in total. The van der Waals surface area contributed by atoms with E-state index < -0.39 is 18.5 Å². The summed E-state index contributed by atoms with van der Waals surface area (Å²) in [5, 5.41) is 13.6. The van der Waals surface area contributed by atoms with Crippen molar-refractivity contribution in [1.82, 2.24) is 0 Å². The number of halogens is 1. The monoisotopic (exact) mass is 406 g/mol.